The van der Waals surface area contributed by atoms with E-state index in [2.05, 4.69) is 34.7 Å². The van der Waals surface area contributed by atoms with E-state index in [0.29, 0.717) is 17.2 Å². The summed E-state index contributed by atoms with van der Waals surface area (Å²) in [6, 6.07) is 19.7. The van der Waals surface area contributed by atoms with Crippen LogP contribution in [0.15, 0.2) is 60.7 Å². The molecule has 8 heteroatoms. The summed E-state index contributed by atoms with van der Waals surface area (Å²) in [5.74, 6) is 2.34. The average molecular weight is 474 g/mol. The second-order valence-corrected chi connectivity index (χ2v) is 8.46. The Bertz CT molecular complexity index is 1500. The highest BCUT2D eigenvalue weighted by Crippen LogP contribution is 2.30. The topological polar surface area (TPSA) is 73.6 Å². The summed E-state index contributed by atoms with van der Waals surface area (Å²) in [7, 11) is 3.33. The fourth-order valence-corrected chi connectivity index (χ4v) is 4.27. The van der Waals surface area contributed by atoms with Crippen molar-refractivity contribution in [1.29, 1.82) is 0 Å². The van der Waals surface area contributed by atoms with Gasteiger partial charge in [0.1, 0.15) is 23.0 Å². The van der Waals surface area contributed by atoms with Crippen molar-refractivity contribution < 1.29 is 9.47 Å². The second-order valence-electron chi connectivity index (χ2n) is 8.02. The van der Waals surface area contributed by atoms with E-state index in [-0.39, 0.29) is 0 Å². The minimum atomic E-state index is 0.630. The molecule has 0 unspecified atom stereocenters. The van der Waals surface area contributed by atoms with Crippen molar-refractivity contribution in [2.45, 2.75) is 13.3 Å². The average Bonchev–Trinajstić information content (AvgIpc) is 3.28. The highest BCUT2D eigenvalue weighted by Gasteiger charge is 2.16. The number of anilines is 1. The number of ether oxygens (including phenoxy) is 2. The van der Waals surface area contributed by atoms with Crippen LogP contribution in [0.3, 0.4) is 0 Å². The lowest BCUT2D eigenvalue weighted by Crippen LogP contribution is -2.09. The molecule has 0 saturated carbocycles. The molecule has 2 aromatic heterocycles. The molecular formula is C26H24ClN5O2. The van der Waals surface area contributed by atoms with E-state index in [1.54, 1.807) is 18.7 Å². The van der Waals surface area contributed by atoms with Crippen LogP contribution in [0.25, 0.3) is 27.8 Å². The summed E-state index contributed by atoms with van der Waals surface area (Å²) in [6.07, 6.45) is 0.720. The predicted molar refractivity (Wildman–Crippen MR) is 135 cm³/mol. The molecule has 1 N–H and O–H groups in total. The molecule has 172 valence electrons. The van der Waals surface area contributed by atoms with Crippen LogP contribution in [0.4, 0.5) is 5.82 Å². The van der Waals surface area contributed by atoms with Gasteiger partial charge in [0.15, 0.2) is 5.65 Å². The second kappa shape index (κ2) is 9.19. The van der Waals surface area contributed by atoms with Gasteiger partial charge in [0.2, 0.25) is 0 Å². The van der Waals surface area contributed by atoms with Crippen molar-refractivity contribution in [2.75, 3.05) is 26.1 Å². The molecule has 5 aromatic rings. The Balaban J connectivity index is 1.54. The summed E-state index contributed by atoms with van der Waals surface area (Å²) in [5.41, 5.74) is 5.46. The molecule has 0 spiro atoms. The third kappa shape index (κ3) is 4.10. The van der Waals surface area contributed by atoms with Gasteiger partial charge in [-0.1, -0.05) is 40.6 Å². The van der Waals surface area contributed by atoms with Crippen LogP contribution in [0, 0.1) is 6.92 Å². The van der Waals surface area contributed by atoms with Crippen LogP contribution >= 0.6 is 11.6 Å². The molecule has 5 rings (SSSR count). The zero-order valence-electron chi connectivity index (χ0n) is 19.2. The highest BCUT2D eigenvalue weighted by molar-refractivity contribution is 6.31. The smallest absolute Gasteiger partial charge is 0.186 e. The first kappa shape index (κ1) is 22.0. The Morgan fingerprint density at radius 3 is 2.68 bits per heavy atom. The maximum Gasteiger partial charge on any atom is 0.186 e. The van der Waals surface area contributed by atoms with Crippen LogP contribution in [0.5, 0.6) is 11.5 Å². The first-order valence-electron chi connectivity index (χ1n) is 10.9. The number of rotatable bonds is 7. The molecule has 0 bridgehead atoms. The molecule has 0 aliphatic rings. The molecule has 0 aliphatic carbocycles. The van der Waals surface area contributed by atoms with Crippen molar-refractivity contribution >= 4 is 34.0 Å². The third-order valence-corrected chi connectivity index (χ3v) is 6.01. The van der Waals surface area contributed by atoms with E-state index in [4.69, 9.17) is 26.1 Å². The Kier molecular flexibility index (Phi) is 5.94. The van der Waals surface area contributed by atoms with Gasteiger partial charge >= 0.3 is 0 Å². The fraction of sp³-hybridized carbons (Fsp3) is 0.192. The van der Waals surface area contributed by atoms with Crippen molar-refractivity contribution in [3.8, 4) is 22.8 Å². The number of aryl methyl sites for hydroxylation is 1. The Morgan fingerprint density at radius 1 is 1.00 bits per heavy atom. The molecule has 34 heavy (non-hydrogen) atoms. The number of hydrogen-bond donors (Lipinski definition) is 1. The normalized spacial score (nSPS) is 11.2. The summed E-state index contributed by atoms with van der Waals surface area (Å²) in [5, 5.41) is 13.8. The Labute approximate surface area is 202 Å². The SMILES string of the molecule is COc1ccc(OC)c(CCNc2nc3c(-c4cccc(C)c4)nnn3c3ccc(Cl)cc23)c1. The predicted octanol–water partition coefficient (Wildman–Crippen LogP) is 5.58. The van der Waals surface area contributed by atoms with Crippen molar-refractivity contribution in [3.63, 3.8) is 0 Å². The molecule has 0 aliphatic heterocycles. The van der Waals surface area contributed by atoms with Gasteiger partial charge in [-0.15, -0.1) is 5.10 Å². The van der Waals surface area contributed by atoms with Gasteiger partial charge in [-0.05, 0) is 61.4 Å². The lowest BCUT2D eigenvalue weighted by Gasteiger charge is -2.13. The van der Waals surface area contributed by atoms with Crippen molar-refractivity contribution in [2.24, 2.45) is 0 Å². The quantitative estimate of drug-likeness (QED) is 0.332. The number of fused-ring (bicyclic) bond motifs is 3. The standard InChI is InChI=1S/C26H24ClN5O2/c1-16-5-4-6-18(13-16)24-26-29-25(21-15-19(27)7-9-22(21)32(26)31-30-24)28-12-11-17-14-20(33-2)8-10-23(17)34-3/h4-10,13-15H,11-12H2,1-3H3,(H,28,29). The third-order valence-electron chi connectivity index (χ3n) is 5.77. The van der Waals surface area contributed by atoms with E-state index >= 15 is 0 Å². The van der Waals surface area contributed by atoms with Gasteiger partial charge in [0, 0.05) is 22.5 Å². The Hall–Kier alpha value is -3.84. The van der Waals surface area contributed by atoms with E-state index in [1.807, 2.05) is 48.5 Å². The van der Waals surface area contributed by atoms with E-state index < -0.39 is 0 Å². The van der Waals surface area contributed by atoms with Crippen LogP contribution in [0.1, 0.15) is 11.1 Å². The lowest BCUT2D eigenvalue weighted by molar-refractivity contribution is 0.399. The molecule has 0 atom stereocenters. The number of benzene rings is 3. The van der Waals surface area contributed by atoms with Crippen LogP contribution in [-0.2, 0) is 6.42 Å². The van der Waals surface area contributed by atoms with E-state index in [1.165, 1.54) is 0 Å². The van der Waals surface area contributed by atoms with Gasteiger partial charge in [-0.3, -0.25) is 0 Å². The molecule has 3 aromatic carbocycles. The van der Waals surface area contributed by atoms with Crippen molar-refractivity contribution in [1.82, 2.24) is 19.8 Å². The molecule has 0 radical (unpaired) electrons. The Morgan fingerprint density at radius 2 is 1.88 bits per heavy atom. The first-order chi connectivity index (χ1) is 16.6. The maximum atomic E-state index is 6.33. The summed E-state index contributed by atoms with van der Waals surface area (Å²) in [6.45, 7) is 2.69. The molecule has 0 fully saturated rings. The largest absolute Gasteiger partial charge is 0.497 e. The molecular weight excluding hydrogens is 450 g/mol. The van der Waals surface area contributed by atoms with Gasteiger partial charge in [-0.25, -0.2) is 4.98 Å². The number of hydrogen-bond acceptors (Lipinski definition) is 6. The number of methoxy groups -OCH3 is 2. The summed E-state index contributed by atoms with van der Waals surface area (Å²) in [4.78, 5) is 4.93. The monoisotopic (exact) mass is 473 g/mol. The van der Waals surface area contributed by atoms with E-state index in [9.17, 15) is 0 Å². The highest BCUT2D eigenvalue weighted by atomic mass is 35.5. The minimum Gasteiger partial charge on any atom is -0.497 e. The van der Waals surface area contributed by atoms with Gasteiger partial charge in [-0.2, -0.15) is 4.52 Å². The lowest BCUT2D eigenvalue weighted by atomic mass is 10.1. The van der Waals surface area contributed by atoms with Crippen LogP contribution in [0.2, 0.25) is 5.02 Å². The van der Waals surface area contributed by atoms with Crippen LogP contribution in [-0.4, -0.2) is 40.6 Å². The minimum absolute atomic E-state index is 0.630. The number of aromatic nitrogens is 4. The van der Waals surface area contributed by atoms with Crippen LogP contribution < -0.4 is 14.8 Å². The molecule has 7 nitrogen and oxygen atoms in total. The molecule has 2 heterocycles. The number of nitrogens with zero attached hydrogens (tertiary/aromatic N) is 4. The molecule has 0 amide bonds. The molecule has 0 saturated heterocycles. The number of nitrogens with one attached hydrogen (secondary N) is 1. The number of halogens is 1. The van der Waals surface area contributed by atoms with E-state index in [0.717, 1.165) is 57.0 Å². The summed E-state index contributed by atoms with van der Waals surface area (Å²) < 4.78 is 12.7. The fourth-order valence-electron chi connectivity index (χ4n) is 4.09. The first-order valence-corrected chi connectivity index (χ1v) is 11.3. The van der Waals surface area contributed by atoms with Gasteiger partial charge < -0.3 is 14.8 Å². The van der Waals surface area contributed by atoms with Gasteiger partial charge in [0.05, 0.1) is 19.7 Å². The zero-order chi connectivity index (χ0) is 23.7. The summed E-state index contributed by atoms with van der Waals surface area (Å²) >= 11 is 6.33. The zero-order valence-corrected chi connectivity index (χ0v) is 19.9. The van der Waals surface area contributed by atoms with Gasteiger partial charge in [0.25, 0.3) is 0 Å². The maximum absolute atomic E-state index is 6.33. The van der Waals surface area contributed by atoms with Crippen molar-refractivity contribution in [3.05, 3.63) is 76.8 Å².